The minimum Gasteiger partial charge on any atom is -0.486 e. The minimum atomic E-state index is -3.97. The van der Waals surface area contributed by atoms with E-state index in [1.807, 2.05) is 89.7 Å². The van der Waals surface area contributed by atoms with Crippen molar-refractivity contribution in [3.05, 3.63) is 156 Å². The number of hydrogen-bond donors (Lipinski definition) is 3. The normalized spacial score (nSPS) is 19.5. The molecule has 12 nitrogen and oxygen atoms in total. The van der Waals surface area contributed by atoms with Crippen molar-refractivity contribution in [2.45, 2.75) is 57.0 Å². The third-order valence-electron chi connectivity index (χ3n) is 10.4. The summed E-state index contributed by atoms with van der Waals surface area (Å²) >= 11 is 0. The molecule has 60 heavy (non-hydrogen) atoms. The fourth-order valence-electron chi connectivity index (χ4n) is 7.21. The second-order valence-electron chi connectivity index (χ2n) is 15.2. The van der Waals surface area contributed by atoms with E-state index in [4.69, 9.17) is 4.74 Å². The Kier molecular flexibility index (Phi) is 14.7. The topological polar surface area (TPSA) is 178 Å². The molecule has 3 N–H and O–H groups in total. The summed E-state index contributed by atoms with van der Waals surface area (Å²) in [4.78, 5) is 74.2. The lowest BCUT2D eigenvalue weighted by Crippen LogP contribution is -2.54. The molecule has 0 saturated carbocycles. The third kappa shape index (κ3) is 13.0. The van der Waals surface area contributed by atoms with E-state index in [9.17, 15) is 32.4 Å². The van der Waals surface area contributed by atoms with E-state index in [2.05, 4.69) is 15.6 Å². The van der Waals surface area contributed by atoms with Crippen LogP contribution in [0.25, 0.3) is 11.1 Å². The summed E-state index contributed by atoms with van der Waals surface area (Å²) in [5.41, 5.74) is 5.00. The van der Waals surface area contributed by atoms with Crippen LogP contribution in [-0.2, 0) is 59.7 Å². The van der Waals surface area contributed by atoms with Crippen LogP contribution in [0.1, 0.15) is 41.5 Å². The number of hydrogen-bond acceptors (Lipinski definition) is 9. The number of carbonyl (C=O) groups is 5. The maximum absolute atomic E-state index is 14.5. The van der Waals surface area contributed by atoms with Crippen LogP contribution in [0, 0.1) is 11.8 Å². The number of aryl methyl sites for hydroxylation is 1. The molecule has 2 bridgehead atoms. The van der Waals surface area contributed by atoms with Crippen molar-refractivity contribution in [2.24, 2.45) is 11.8 Å². The van der Waals surface area contributed by atoms with Crippen LogP contribution in [-0.4, -0.2) is 67.6 Å². The molecule has 5 aromatic rings. The molecule has 0 aliphatic carbocycles. The van der Waals surface area contributed by atoms with Gasteiger partial charge in [0.2, 0.25) is 27.7 Å². The lowest BCUT2D eigenvalue weighted by molar-refractivity contribution is -0.135. The van der Waals surface area contributed by atoms with Gasteiger partial charge in [-0.1, -0.05) is 97.1 Å². The molecular weight excluding hydrogens is 781 g/mol. The fourth-order valence-corrected chi connectivity index (χ4v) is 7.75. The summed E-state index contributed by atoms with van der Waals surface area (Å²) < 4.78 is 32.2. The van der Waals surface area contributed by atoms with E-state index in [1.54, 1.807) is 48.8 Å². The number of nitrogens with zero attached hydrogens (tertiary/aromatic N) is 1. The van der Waals surface area contributed by atoms with E-state index in [0.29, 0.717) is 17.7 Å². The number of rotatable bonds is 10. The first kappa shape index (κ1) is 43.1. The van der Waals surface area contributed by atoms with Gasteiger partial charge in [-0.3, -0.25) is 33.7 Å². The van der Waals surface area contributed by atoms with Gasteiger partial charge in [-0.2, -0.15) is 0 Å². The standard InChI is InChI=1S/C47H48N4O8S/c1-60(57,58)51-46(55)39-26-33-14-19-41(20-15-33)59-31-40(52)29-38(27-35-22-24-48-25-23-35)45(54)50-43(28-34-12-17-37(18-13-34)36-10-6-3-7-11-36)47(56)49-42(44(53)30-39)21-16-32-8-4-2-5-9-32/h2-15,17-20,22-25,38-39,42-43H,16,21,26-31H2,1H3,(H,49,56)(H,50,54)(H,51,55)/t38-,39-,42+,43-/m1/s1. The lowest BCUT2D eigenvalue weighted by Gasteiger charge is -2.26. The van der Waals surface area contributed by atoms with Gasteiger partial charge in [0.1, 0.15) is 18.4 Å². The maximum Gasteiger partial charge on any atom is 0.243 e. The van der Waals surface area contributed by atoms with Gasteiger partial charge in [0, 0.05) is 43.5 Å². The molecule has 0 radical (unpaired) electrons. The SMILES string of the molecule is CS(=O)(=O)NC(=O)[C@H]1CC(=O)[C@H](CCc2ccccc2)NC(=O)[C@@H](Cc2ccc(-c3ccccc3)cc2)NC(=O)[C@H](Cc2ccncc2)CC(=O)COc2ccc(cc2)C1. The molecule has 2 aliphatic rings. The zero-order chi connectivity index (χ0) is 42.5. The quantitative estimate of drug-likeness (QED) is 0.175. The average Bonchev–Trinajstić information content (AvgIpc) is 3.24. The highest BCUT2D eigenvalue weighted by atomic mass is 32.2. The minimum absolute atomic E-state index is 0.000000682. The molecule has 0 fully saturated rings. The molecule has 0 unspecified atom stereocenters. The Balaban J connectivity index is 1.36. The third-order valence-corrected chi connectivity index (χ3v) is 11.0. The van der Waals surface area contributed by atoms with Crippen LogP contribution < -0.4 is 20.1 Å². The van der Waals surface area contributed by atoms with Crippen molar-refractivity contribution < 1.29 is 37.1 Å². The fraction of sp³-hybridized carbons (Fsp3) is 0.277. The number of benzene rings is 4. The Morgan fingerprint density at radius 3 is 1.97 bits per heavy atom. The summed E-state index contributed by atoms with van der Waals surface area (Å²) in [6, 6.07) is 34.6. The molecule has 13 heteroatoms. The summed E-state index contributed by atoms with van der Waals surface area (Å²) in [6.07, 6.45) is 4.29. The number of carbonyl (C=O) groups excluding carboxylic acids is 5. The number of ether oxygens (including phenoxy) is 1. The summed E-state index contributed by atoms with van der Waals surface area (Å²) in [5.74, 6) is -4.49. The van der Waals surface area contributed by atoms with Crippen molar-refractivity contribution in [1.29, 1.82) is 0 Å². The Morgan fingerprint density at radius 1 is 0.683 bits per heavy atom. The molecule has 310 valence electrons. The van der Waals surface area contributed by atoms with Crippen LogP contribution in [0.3, 0.4) is 0 Å². The second kappa shape index (κ2) is 20.5. The van der Waals surface area contributed by atoms with Crippen LogP contribution in [0.5, 0.6) is 5.75 Å². The summed E-state index contributed by atoms with van der Waals surface area (Å²) in [7, 11) is -3.97. The van der Waals surface area contributed by atoms with Gasteiger partial charge >= 0.3 is 0 Å². The largest absolute Gasteiger partial charge is 0.486 e. The number of nitrogens with one attached hydrogen (secondary N) is 3. The number of fused-ring (bicyclic) bond motifs is 16. The number of Topliss-reactive ketones (excluding diaryl/α,β-unsaturated/α-hetero) is 2. The highest BCUT2D eigenvalue weighted by Gasteiger charge is 2.33. The molecular formula is C47H48N4O8S. The highest BCUT2D eigenvalue weighted by molar-refractivity contribution is 7.89. The number of aromatic nitrogens is 1. The smallest absolute Gasteiger partial charge is 0.243 e. The van der Waals surface area contributed by atoms with E-state index < -0.39 is 57.4 Å². The lowest BCUT2D eigenvalue weighted by atomic mass is 9.89. The average molecular weight is 829 g/mol. The van der Waals surface area contributed by atoms with Crippen LogP contribution in [0.15, 0.2) is 134 Å². The maximum atomic E-state index is 14.5. The van der Waals surface area contributed by atoms with Gasteiger partial charge < -0.3 is 15.4 Å². The van der Waals surface area contributed by atoms with E-state index in [-0.39, 0.29) is 50.9 Å². The Morgan fingerprint density at radius 2 is 1.30 bits per heavy atom. The van der Waals surface area contributed by atoms with Crippen molar-refractivity contribution in [1.82, 2.24) is 20.3 Å². The zero-order valence-corrected chi connectivity index (χ0v) is 34.1. The van der Waals surface area contributed by atoms with Gasteiger partial charge in [-0.25, -0.2) is 8.42 Å². The van der Waals surface area contributed by atoms with Crippen LogP contribution in [0.2, 0.25) is 0 Å². The molecule has 3 heterocycles. The van der Waals surface area contributed by atoms with Gasteiger partial charge in [0.25, 0.3) is 0 Å². The number of amides is 3. The monoisotopic (exact) mass is 828 g/mol. The molecule has 0 spiro atoms. The Labute approximate surface area is 350 Å². The zero-order valence-electron chi connectivity index (χ0n) is 33.3. The highest BCUT2D eigenvalue weighted by Crippen LogP contribution is 2.23. The van der Waals surface area contributed by atoms with E-state index in [1.165, 1.54) is 0 Å². The summed E-state index contributed by atoms with van der Waals surface area (Å²) in [5, 5.41) is 5.83. The molecule has 2 aliphatic heterocycles. The van der Waals surface area contributed by atoms with Crippen molar-refractivity contribution in [3.63, 3.8) is 0 Å². The molecule has 4 aromatic carbocycles. The summed E-state index contributed by atoms with van der Waals surface area (Å²) in [6.45, 7) is -0.325. The molecule has 0 saturated heterocycles. The van der Waals surface area contributed by atoms with Gasteiger partial charge in [-0.05, 0) is 83.3 Å². The number of sulfonamides is 1. The first-order chi connectivity index (χ1) is 28.9. The van der Waals surface area contributed by atoms with Crippen LogP contribution in [0.4, 0.5) is 0 Å². The van der Waals surface area contributed by atoms with Crippen molar-refractivity contribution in [3.8, 4) is 16.9 Å². The van der Waals surface area contributed by atoms with Gasteiger partial charge in [-0.15, -0.1) is 0 Å². The van der Waals surface area contributed by atoms with Crippen molar-refractivity contribution >= 4 is 39.3 Å². The molecule has 4 atom stereocenters. The Hall–Kier alpha value is -6.47. The molecule has 7 rings (SSSR count). The molecule has 3 amide bonds. The number of pyridine rings is 1. The predicted molar refractivity (Wildman–Crippen MR) is 227 cm³/mol. The van der Waals surface area contributed by atoms with Gasteiger partial charge in [0.15, 0.2) is 11.6 Å². The Bertz CT molecular complexity index is 2360. The second-order valence-corrected chi connectivity index (χ2v) is 16.9. The van der Waals surface area contributed by atoms with E-state index in [0.717, 1.165) is 34.1 Å². The first-order valence-corrected chi connectivity index (χ1v) is 21.7. The van der Waals surface area contributed by atoms with Crippen molar-refractivity contribution in [2.75, 3.05) is 12.9 Å². The van der Waals surface area contributed by atoms with Gasteiger partial charge in [0.05, 0.1) is 12.3 Å². The predicted octanol–water partition coefficient (Wildman–Crippen LogP) is 5.00. The van der Waals surface area contributed by atoms with E-state index >= 15 is 0 Å². The molecule has 1 aromatic heterocycles. The van der Waals surface area contributed by atoms with Crippen LogP contribution >= 0.6 is 0 Å². The first-order valence-electron chi connectivity index (χ1n) is 19.8. The number of ketones is 2.